The highest BCUT2D eigenvalue weighted by Crippen LogP contribution is 2.26. The van der Waals surface area contributed by atoms with E-state index in [-0.39, 0.29) is 17.3 Å². The van der Waals surface area contributed by atoms with Gasteiger partial charge in [0.15, 0.2) is 5.17 Å². The van der Waals surface area contributed by atoms with Crippen molar-refractivity contribution in [2.45, 2.75) is 11.7 Å². The van der Waals surface area contributed by atoms with E-state index in [0.29, 0.717) is 9.13 Å². The highest BCUT2D eigenvalue weighted by Gasteiger charge is 2.30. The van der Waals surface area contributed by atoms with Crippen LogP contribution in [-0.2, 0) is 9.59 Å². The number of carbonyl (C=O) groups is 2. The number of amidine groups is 1. The van der Waals surface area contributed by atoms with Gasteiger partial charge in [-0.25, -0.2) is 0 Å². The van der Waals surface area contributed by atoms with Gasteiger partial charge in [-0.15, -0.1) is 5.10 Å². The first kappa shape index (κ1) is 17.5. The fourth-order valence-electron chi connectivity index (χ4n) is 1.57. The van der Waals surface area contributed by atoms with Gasteiger partial charge in [0, 0.05) is 21.5 Å². The summed E-state index contributed by atoms with van der Waals surface area (Å²) in [4.78, 5) is 22.0. The summed E-state index contributed by atoms with van der Waals surface area (Å²) in [5.74, 6) is -1.63. The average Bonchev–Trinajstić information content (AvgIpc) is 2.75. The number of halogens is 2. The van der Waals surface area contributed by atoms with Gasteiger partial charge in [0.05, 0.1) is 15.0 Å². The second-order valence-corrected chi connectivity index (χ2v) is 7.75. The van der Waals surface area contributed by atoms with Gasteiger partial charge in [0.1, 0.15) is 5.75 Å². The van der Waals surface area contributed by atoms with Crippen molar-refractivity contribution in [3.63, 3.8) is 0 Å². The van der Waals surface area contributed by atoms with Crippen LogP contribution in [0.4, 0.5) is 0 Å². The molecule has 1 amide bonds. The predicted octanol–water partition coefficient (Wildman–Crippen LogP) is 0.663. The Labute approximate surface area is 156 Å². The lowest BCUT2D eigenvalue weighted by Gasteiger charge is -2.04. The molecule has 0 aliphatic carbocycles. The van der Waals surface area contributed by atoms with Crippen LogP contribution in [0.1, 0.15) is 12.0 Å². The molecule has 1 aliphatic rings. The number of phenols is 1. The highest BCUT2D eigenvalue weighted by molar-refractivity contribution is 14.1. The SMILES string of the molecule is O=C([O-])CC1SC(=NN=Cc2cc(I)cc(I)c2O)NC1=O. The summed E-state index contributed by atoms with van der Waals surface area (Å²) in [5.41, 5.74) is 0.501. The average molecular weight is 544 g/mol. The molecule has 2 rings (SSSR count). The van der Waals surface area contributed by atoms with Crippen molar-refractivity contribution < 1.29 is 19.8 Å². The summed E-state index contributed by atoms with van der Waals surface area (Å²) >= 11 is 5.11. The van der Waals surface area contributed by atoms with E-state index in [1.807, 2.05) is 28.7 Å². The van der Waals surface area contributed by atoms with E-state index in [2.05, 4.69) is 38.1 Å². The molecular weight excluding hydrogens is 536 g/mol. The molecule has 0 radical (unpaired) electrons. The maximum atomic E-state index is 11.5. The zero-order valence-corrected chi connectivity index (χ0v) is 15.9. The standard InChI is InChI=1S/C12H9I2N3O4S/c13-6-1-5(10(20)7(14)2-6)4-15-17-12-16-11(21)8(22-12)3-9(18)19/h1-2,4,8,20H,3H2,(H,18,19)(H,16,17,21)/p-1. The van der Waals surface area contributed by atoms with E-state index in [9.17, 15) is 19.8 Å². The van der Waals surface area contributed by atoms with Crippen LogP contribution >= 0.6 is 56.9 Å². The minimum Gasteiger partial charge on any atom is -0.550 e. The Balaban J connectivity index is 2.09. The van der Waals surface area contributed by atoms with E-state index in [4.69, 9.17) is 0 Å². The van der Waals surface area contributed by atoms with Gasteiger partial charge in [-0.1, -0.05) is 11.8 Å². The van der Waals surface area contributed by atoms with Crippen LogP contribution in [0, 0.1) is 7.14 Å². The third-order valence-electron chi connectivity index (χ3n) is 2.53. The molecule has 1 saturated heterocycles. The summed E-state index contributed by atoms with van der Waals surface area (Å²) in [6.45, 7) is 0. The van der Waals surface area contributed by atoms with Crippen LogP contribution < -0.4 is 10.4 Å². The third-order valence-corrected chi connectivity index (χ3v) is 5.05. The molecule has 1 aromatic carbocycles. The molecule has 22 heavy (non-hydrogen) atoms. The maximum Gasteiger partial charge on any atom is 0.239 e. The maximum absolute atomic E-state index is 11.5. The third kappa shape index (κ3) is 4.55. The van der Waals surface area contributed by atoms with E-state index >= 15 is 0 Å². The fourth-order valence-corrected chi connectivity index (χ4v) is 4.36. The lowest BCUT2D eigenvalue weighted by molar-refractivity contribution is -0.305. The van der Waals surface area contributed by atoms with Gasteiger partial charge in [-0.3, -0.25) is 4.79 Å². The van der Waals surface area contributed by atoms with Crippen LogP contribution in [0.15, 0.2) is 22.3 Å². The second kappa shape index (κ2) is 7.59. The zero-order valence-electron chi connectivity index (χ0n) is 10.7. The molecule has 2 N–H and O–H groups in total. The number of carboxylic acid groups (broad SMARTS) is 1. The number of aliphatic carboxylic acids is 1. The minimum absolute atomic E-state index is 0.0999. The first-order valence-electron chi connectivity index (χ1n) is 5.83. The zero-order chi connectivity index (χ0) is 16.3. The van der Waals surface area contributed by atoms with Crippen LogP contribution in [0.3, 0.4) is 0 Å². The topological polar surface area (TPSA) is 114 Å². The molecule has 7 nitrogen and oxygen atoms in total. The number of rotatable bonds is 4. The summed E-state index contributed by atoms with van der Waals surface area (Å²) < 4.78 is 1.63. The number of carboxylic acids is 1. The molecule has 0 spiro atoms. The summed E-state index contributed by atoms with van der Waals surface area (Å²) in [7, 11) is 0. The van der Waals surface area contributed by atoms with Crippen molar-refractivity contribution >= 4 is 80.2 Å². The molecule has 0 aromatic heterocycles. The minimum atomic E-state index is -1.30. The van der Waals surface area contributed by atoms with Crippen molar-refractivity contribution in [3.05, 3.63) is 24.8 Å². The lowest BCUT2D eigenvalue weighted by atomic mass is 10.2. The van der Waals surface area contributed by atoms with Gasteiger partial charge in [0.2, 0.25) is 5.91 Å². The predicted molar refractivity (Wildman–Crippen MR) is 97.7 cm³/mol. The molecule has 1 atom stereocenters. The number of amides is 1. The normalized spacial score (nSPS) is 19.8. The van der Waals surface area contributed by atoms with Crippen LogP contribution in [0.5, 0.6) is 5.75 Å². The first-order valence-corrected chi connectivity index (χ1v) is 8.87. The van der Waals surface area contributed by atoms with Gasteiger partial charge < -0.3 is 20.3 Å². The Morgan fingerprint density at radius 1 is 1.50 bits per heavy atom. The van der Waals surface area contributed by atoms with E-state index in [1.54, 1.807) is 6.07 Å². The number of aromatic hydroxyl groups is 1. The van der Waals surface area contributed by atoms with Crippen LogP contribution in [0.25, 0.3) is 0 Å². The Morgan fingerprint density at radius 3 is 2.91 bits per heavy atom. The molecule has 116 valence electrons. The summed E-state index contributed by atoms with van der Waals surface area (Å²) in [6.07, 6.45) is 0.987. The van der Waals surface area contributed by atoms with Gasteiger partial charge in [0.25, 0.3) is 0 Å². The number of phenolic OH excluding ortho intramolecular Hbond substituents is 1. The number of nitrogens with one attached hydrogen (secondary N) is 1. The van der Waals surface area contributed by atoms with Gasteiger partial charge in [-0.2, -0.15) is 5.10 Å². The quantitative estimate of drug-likeness (QED) is 0.329. The largest absolute Gasteiger partial charge is 0.550 e. The molecule has 10 heteroatoms. The number of benzene rings is 1. The number of hydrogen-bond donors (Lipinski definition) is 2. The Morgan fingerprint density at radius 2 is 2.23 bits per heavy atom. The van der Waals surface area contributed by atoms with E-state index in [0.717, 1.165) is 15.3 Å². The van der Waals surface area contributed by atoms with Crippen molar-refractivity contribution in [1.82, 2.24) is 5.32 Å². The number of hydrogen-bond acceptors (Lipinski definition) is 7. The molecule has 1 aliphatic heterocycles. The second-order valence-electron chi connectivity index (χ2n) is 4.15. The first-order chi connectivity index (χ1) is 10.4. The molecule has 1 aromatic rings. The molecular formula is C12H8I2N3O4S-. The molecule has 1 unspecified atom stereocenters. The highest BCUT2D eigenvalue weighted by atomic mass is 127. The van der Waals surface area contributed by atoms with Crippen molar-refractivity contribution in [2.75, 3.05) is 0 Å². The summed E-state index contributed by atoms with van der Waals surface area (Å²) in [5, 5.41) is 29.9. The molecule has 0 bridgehead atoms. The lowest BCUT2D eigenvalue weighted by Crippen LogP contribution is -2.31. The van der Waals surface area contributed by atoms with Crippen molar-refractivity contribution in [1.29, 1.82) is 0 Å². The number of carbonyl (C=O) groups excluding carboxylic acids is 2. The molecule has 1 heterocycles. The summed E-state index contributed by atoms with van der Waals surface area (Å²) in [6, 6.07) is 3.55. The van der Waals surface area contributed by atoms with Crippen molar-refractivity contribution in [2.24, 2.45) is 10.2 Å². The molecule has 0 saturated carbocycles. The Kier molecular flexibility index (Phi) is 6.02. The smallest absolute Gasteiger partial charge is 0.239 e. The number of nitrogens with zero attached hydrogens (tertiary/aromatic N) is 2. The van der Waals surface area contributed by atoms with Crippen LogP contribution in [-0.4, -0.2) is 33.6 Å². The fraction of sp³-hybridized carbons (Fsp3) is 0.167. The van der Waals surface area contributed by atoms with Gasteiger partial charge >= 0.3 is 0 Å². The van der Waals surface area contributed by atoms with E-state index < -0.39 is 17.1 Å². The number of thioether (sulfide) groups is 1. The molecule has 1 fully saturated rings. The Hall–Kier alpha value is -0.890. The van der Waals surface area contributed by atoms with E-state index in [1.165, 1.54) is 6.21 Å². The van der Waals surface area contributed by atoms with Gasteiger partial charge in [-0.05, 0) is 57.3 Å². The van der Waals surface area contributed by atoms with Crippen LogP contribution in [0.2, 0.25) is 0 Å². The monoisotopic (exact) mass is 544 g/mol. The van der Waals surface area contributed by atoms with Crippen molar-refractivity contribution in [3.8, 4) is 5.75 Å². The Bertz CT molecular complexity index is 693.